The molecule has 1 fully saturated rings. The SMILES string of the molecule is COC1CCCCC1OC(=O)CSC(C)(C)C. The Kier molecular flexibility index (Phi) is 5.80. The molecule has 0 aromatic rings. The highest BCUT2D eigenvalue weighted by atomic mass is 32.2. The molecule has 0 bridgehead atoms. The molecule has 4 heteroatoms. The minimum atomic E-state index is -0.112. The molecular weight excluding hydrogens is 236 g/mol. The molecule has 0 aromatic heterocycles. The summed E-state index contributed by atoms with van der Waals surface area (Å²) in [5.74, 6) is 0.315. The van der Waals surface area contributed by atoms with Crippen molar-refractivity contribution in [1.29, 1.82) is 0 Å². The van der Waals surface area contributed by atoms with Gasteiger partial charge < -0.3 is 9.47 Å². The molecule has 1 rings (SSSR count). The van der Waals surface area contributed by atoms with Crippen LogP contribution in [0.4, 0.5) is 0 Å². The van der Waals surface area contributed by atoms with Gasteiger partial charge in [-0.15, -0.1) is 11.8 Å². The summed E-state index contributed by atoms with van der Waals surface area (Å²) in [6.45, 7) is 6.30. The molecule has 2 unspecified atom stereocenters. The van der Waals surface area contributed by atoms with Crippen LogP contribution >= 0.6 is 11.8 Å². The lowest BCUT2D eigenvalue weighted by atomic mass is 9.94. The van der Waals surface area contributed by atoms with Gasteiger partial charge in [-0.1, -0.05) is 27.2 Å². The highest BCUT2D eigenvalue weighted by molar-refractivity contribution is 8.01. The second-order valence-electron chi connectivity index (χ2n) is 5.49. The highest BCUT2D eigenvalue weighted by Crippen LogP contribution is 2.26. The third-order valence-electron chi connectivity index (χ3n) is 2.85. The van der Waals surface area contributed by atoms with Crippen molar-refractivity contribution < 1.29 is 14.3 Å². The summed E-state index contributed by atoms with van der Waals surface area (Å²) in [7, 11) is 1.70. The predicted octanol–water partition coefficient (Wildman–Crippen LogP) is 3.02. The van der Waals surface area contributed by atoms with E-state index >= 15 is 0 Å². The Hall–Kier alpha value is -0.220. The monoisotopic (exact) mass is 260 g/mol. The van der Waals surface area contributed by atoms with Gasteiger partial charge in [0.05, 0.1) is 11.9 Å². The molecule has 0 amide bonds. The van der Waals surface area contributed by atoms with Crippen molar-refractivity contribution in [3.8, 4) is 0 Å². The van der Waals surface area contributed by atoms with Gasteiger partial charge in [-0.05, 0) is 19.3 Å². The van der Waals surface area contributed by atoms with Gasteiger partial charge in [0, 0.05) is 11.9 Å². The van der Waals surface area contributed by atoms with Gasteiger partial charge in [0.1, 0.15) is 6.10 Å². The maximum atomic E-state index is 11.7. The van der Waals surface area contributed by atoms with Crippen molar-refractivity contribution in [2.24, 2.45) is 0 Å². The van der Waals surface area contributed by atoms with E-state index in [2.05, 4.69) is 20.8 Å². The fourth-order valence-electron chi connectivity index (χ4n) is 1.95. The van der Waals surface area contributed by atoms with Crippen molar-refractivity contribution >= 4 is 17.7 Å². The summed E-state index contributed by atoms with van der Waals surface area (Å²) in [4.78, 5) is 11.7. The maximum absolute atomic E-state index is 11.7. The first kappa shape index (κ1) is 14.8. The van der Waals surface area contributed by atoms with E-state index in [1.54, 1.807) is 18.9 Å². The quantitative estimate of drug-likeness (QED) is 0.728. The van der Waals surface area contributed by atoms with E-state index < -0.39 is 0 Å². The van der Waals surface area contributed by atoms with Crippen LogP contribution in [0.15, 0.2) is 0 Å². The number of esters is 1. The van der Waals surface area contributed by atoms with Crippen LogP contribution in [-0.2, 0) is 14.3 Å². The number of hydrogen-bond donors (Lipinski definition) is 0. The fourth-order valence-corrected chi connectivity index (χ4v) is 2.56. The summed E-state index contributed by atoms with van der Waals surface area (Å²) >= 11 is 1.62. The molecule has 1 aliphatic carbocycles. The van der Waals surface area contributed by atoms with Crippen LogP contribution in [0.5, 0.6) is 0 Å². The van der Waals surface area contributed by atoms with E-state index in [0.717, 1.165) is 19.3 Å². The number of methoxy groups -OCH3 is 1. The van der Waals surface area contributed by atoms with Crippen molar-refractivity contribution in [3.63, 3.8) is 0 Å². The Morgan fingerprint density at radius 2 is 1.82 bits per heavy atom. The van der Waals surface area contributed by atoms with Crippen LogP contribution in [0.2, 0.25) is 0 Å². The molecule has 0 radical (unpaired) electrons. The number of ether oxygens (including phenoxy) is 2. The minimum absolute atomic E-state index is 0.0400. The molecule has 0 aliphatic heterocycles. The van der Waals surface area contributed by atoms with Crippen molar-refractivity contribution in [1.82, 2.24) is 0 Å². The van der Waals surface area contributed by atoms with Crippen molar-refractivity contribution in [2.45, 2.75) is 63.4 Å². The van der Waals surface area contributed by atoms with Gasteiger partial charge in [-0.25, -0.2) is 0 Å². The number of rotatable bonds is 4. The van der Waals surface area contributed by atoms with Crippen LogP contribution in [0, 0.1) is 0 Å². The number of carbonyl (C=O) groups excluding carboxylic acids is 1. The Balaban J connectivity index is 2.33. The van der Waals surface area contributed by atoms with E-state index in [0.29, 0.717) is 5.75 Å². The molecule has 3 nitrogen and oxygen atoms in total. The average molecular weight is 260 g/mol. The van der Waals surface area contributed by atoms with Crippen molar-refractivity contribution in [2.75, 3.05) is 12.9 Å². The standard InChI is InChI=1S/C13H24O3S/c1-13(2,3)17-9-12(14)16-11-8-6-5-7-10(11)15-4/h10-11H,5-9H2,1-4H3. The van der Waals surface area contributed by atoms with Crippen LogP contribution in [-0.4, -0.2) is 35.8 Å². The zero-order valence-corrected chi connectivity index (χ0v) is 12.1. The summed E-state index contributed by atoms with van der Waals surface area (Å²) < 4.78 is 11.0. The second kappa shape index (κ2) is 6.64. The molecular formula is C13H24O3S. The highest BCUT2D eigenvalue weighted by Gasteiger charge is 2.28. The smallest absolute Gasteiger partial charge is 0.316 e. The number of thioether (sulfide) groups is 1. The zero-order chi connectivity index (χ0) is 12.9. The fraction of sp³-hybridized carbons (Fsp3) is 0.923. The molecule has 17 heavy (non-hydrogen) atoms. The molecule has 0 N–H and O–H groups in total. The average Bonchev–Trinajstić information content (AvgIpc) is 2.26. The molecule has 100 valence electrons. The summed E-state index contributed by atoms with van der Waals surface area (Å²) in [5.41, 5.74) is 0. The molecule has 0 spiro atoms. The van der Waals surface area contributed by atoms with Crippen LogP contribution < -0.4 is 0 Å². The van der Waals surface area contributed by atoms with Crippen LogP contribution in [0.3, 0.4) is 0 Å². The predicted molar refractivity (Wildman–Crippen MR) is 71.4 cm³/mol. The molecule has 2 atom stereocenters. The van der Waals surface area contributed by atoms with E-state index in [1.807, 2.05) is 0 Å². The Labute approximate surface area is 109 Å². The topological polar surface area (TPSA) is 35.5 Å². The maximum Gasteiger partial charge on any atom is 0.316 e. The first-order valence-electron chi connectivity index (χ1n) is 6.28. The molecule has 0 saturated heterocycles. The van der Waals surface area contributed by atoms with Gasteiger partial charge in [-0.2, -0.15) is 0 Å². The van der Waals surface area contributed by atoms with Gasteiger partial charge in [-0.3, -0.25) is 4.79 Å². The third-order valence-corrected chi connectivity index (χ3v) is 4.10. The summed E-state index contributed by atoms with van der Waals surface area (Å²) in [6, 6.07) is 0. The lowest BCUT2D eigenvalue weighted by Gasteiger charge is -2.30. The van der Waals surface area contributed by atoms with E-state index in [-0.39, 0.29) is 22.9 Å². The third kappa shape index (κ3) is 5.77. The van der Waals surface area contributed by atoms with Crippen molar-refractivity contribution in [3.05, 3.63) is 0 Å². The lowest BCUT2D eigenvalue weighted by molar-refractivity contribution is -0.155. The first-order chi connectivity index (χ1) is 7.92. The Bertz CT molecular complexity index is 248. The minimum Gasteiger partial charge on any atom is -0.459 e. The van der Waals surface area contributed by atoms with E-state index in [1.165, 1.54) is 6.42 Å². The molecule has 1 aliphatic rings. The first-order valence-corrected chi connectivity index (χ1v) is 7.27. The number of hydrogen-bond acceptors (Lipinski definition) is 4. The van der Waals surface area contributed by atoms with Gasteiger partial charge >= 0.3 is 5.97 Å². The Morgan fingerprint density at radius 3 is 2.35 bits per heavy atom. The number of carbonyl (C=O) groups is 1. The lowest BCUT2D eigenvalue weighted by Crippen LogP contribution is -2.36. The van der Waals surface area contributed by atoms with Crippen LogP contribution in [0.25, 0.3) is 0 Å². The van der Waals surface area contributed by atoms with Crippen LogP contribution in [0.1, 0.15) is 46.5 Å². The summed E-state index contributed by atoms with van der Waals surface area (Å²) in [5, 5.41) is 0. The molecule has 0 aromatic carbocycles. The Morgan fingerprint density at radius 1 is 1.24 bits per heavy atom. The summed E-state index contributed by atoms with van der Waals surface area (Å²) in [6.07, 6.45) is 4.29. The molecule has 0 heterocycles. The second-order valence-corrected chi connectivity index (χ2v) is 7.29. The normalized spacial score (nSPS) is 25.6. The zero-order valence-electron chi connectivity index (χ0n) is 11.3. The van der Waals surface area contributed by atoms with E-state index in [4.69, 9.17) is 9.47 Å². The van der Waals surface area contributed by atoms with Gasteiger partial charge in [0.25, 0.3) is 0 Å². The van der Waals surface area contributed by atoms with Gasteiger partial charge in [0.2, 0.25) is 0 Å². The largest absolute Gasteiger partial charge is 0.459 e. The molecule has 1 saturated carbocycles. The van der Waals surface area contributed by atoms with E-state index in [9.17, 15) is 4.79 Å². The van der Waals surface area contributed by atoms with Gasteiger partial charge in [0.15, 0.2) is 0 Å².